The van der Waals surface area contributed by atoms with Crippen LogP contribution in [0.4, 0.5) is 5.69 Å². The Morgan fingerprint density at radius 1 is 1.03 bits per heavy atom. The zero-order chi connectivity index (χ0) is 21.4. The molecule has 1 amide bonds. The average Bonchev–Trinajstić information content (AvgIpc) is 3.16. The van der Waals surface area contributed by atoms with E-state index in [-0.39, 0.29) is 44.7 Å². The van der Waals surface area contributed by atoms with Gasteiger partial charge in [-0.2, -0.15) is 0 Å². The average molecular weight is 505 g/mol. The Bertz CT molecular complexity index is 781. The molecule has 0 saturated carbocycles. The van der Waals surface area contributed by atoms with Crippen LogP contribution in [0.1, 0.15) is 49.8 Å². The fourth-order valence-corrected chi connectivity index (χ4v) is 4.81. The number of hydrogen-bond acceptors (Lipinski definition) is 1. The number of amides is 1. The normalized spacial score (nSPS) is 15.4. The Kier molecular flexibility index (Phi) is 11.8. The van der Waals surface area contributed by atoms with E-state index in [1.54, 1.807) is 0 Å². The van der Waals surface area contributed by atoms with Gasteiger partial charge in [0, 0.05) is 62.7 Å². The van der Waals surface area contributed by atoms with Crippen LogP contribution in [0.2, 0.25) is 5.02 Å². The molecule has 1 unspecified atom stereocenters. The van der Waals surface area contributed by atoms with Crippen LogP contribution in [0.5, 0.6) is 0 Å². The summed E-state index contributed by atoms with van der Waals surface area (Å²) in [7, 11) is 0. The number of hydrogen-bond donors (Lipinski definition) is 1. The molecule has 1 saturated heterocycles. The van der Waals surface area contributed by atoms with E-state index in [1.807, 2.05) is 44.2 Å². The third-order valence-corrected chi connectivity index (χ3v) is 6.34. The van der Waals surface area contributed by atoms with Crippen molar-refractivity contribution in [3.8, 4) is 0 Å². The number of carbonyl (C=O) groups excluding carboxylic acids is 1. The van der Waals surface area contributed by atoms with E-state index in [0.29, 0.717) is 0 Å². The zero-order valence-corrected chi connectivity index (χ0v) is 22.8. The Hall–Kier alpha value is -0.736. The van der Waals surface area contributed by atoms with Gasteiger partial charge in [-0.3, -0.25) is 4.79 Å². The second kappa shape index (κ2) is 13.0. The maximum Gasteiger partial charge on any atom is 0.282 e. The Morgan fingerprint density at radius 3 is 1.97 bits per heavy atom. The van der Waals surface area contributed by atoms with E-state index in [9.17, 15) is 4.79 Å². The Balaban J connectivity index is 0.000000477. The van der Waals surface area contributed by atoms with E-state index in [2.05, 4.69) is 38.2 Å². The number of anilines is 1. The molecular formula is C25H36ClN2OY+. The number of likely N-dealkylation sites (tertiary alicyclic amines) is 1. The summed E-state index contributed by atoms with van der Waals surface area (Å²) in [4.78, 5) is 12.9. The molecule has 0 spiro atoms. The van der Waals surface area contributed by atoms with Crippen LogP contribution in [0.3, 0.4) is 0 Å². The van der Waals surface area contributed by atoms with E-state index < -0.39 is 0 Å². The third-order valence-electron chi connectivity index (χ3n) is 6.12. The van der Waals surface area contributed by atoms with Crippen molar-refractivity contribution in [2.24, 2.45) is 0 Å². The van der Waals surface area contributed by atoms with E-state index >= 15 is 0 Å². The number of benzene rings is 2. The van der Waals surface area contributed by atoms with Crippen molar-refractivity contribution in [2.75, 3.05) is 25.0 Å². The summed E-state index contributed by atoms with van der Waals surface area (Å²) in [5.74, 6) is 0.153. The monoisotopic (exact) mass is 504 g/mol. The van der Waals surface area contributed by atoms with E-state index in [0.717, 1.165) is 52.4 Å². The van der Waals surface area contributed by atoms with Gasteiger partial charge in [-0.05, 0) is 51.0 Å². The van der Waals surface area contributed by atoms with Gasteiger partial charge >= 0.3 is 0 Å². The minimum absolute atomic E-state index is 0. The molecule has 1 aliphatic rings. The van der Waals surface area contributed by atoms with Crippen molar-refractivity contribution in [1.82, 2.24) is 0 Å². The van der Waals surface area contributed by atoms with Gasteiger partial charge in [0.15, 0.2) is 6.04 Å². The Labute approximate surface area is 213 Å². The molecule has 1 aliphatic heterocycles. The molecule has 1 fully saturated rings. The van der Waals surface area contributed by atoms with Gasteiger partial charge < -0.3 is 9.80 Å². The van der Waals surface area contributed by atoms with Gasteiger partial charge in [-0.15, -0.1) is 0 Å². The minimum atomic E-state index is 0. The molecule has 3 rings (SSSR count). The predicted molar refractivity (Wildman–Crippen MR) is 125 cm³/mol. The fourth-order valence-electron chi connectivity index (χ4n) is 4.48. The molecule has 1 heterocycles. The van der Waals surface area contributed by atoms with Gasteiger partial charge in [0.05, 0.1) is 19.6 Å². The summed E-state index contributed by atoms with van der Waals surface area (Å²) in [6, 6.07) is 14.1. The molecule has 1 N–H and O–H groups in total. The molecule has 0 aliphatic carbocycles. The maximum absolute atomic E-state index is 12.9. The molecule has 1 radical (unpaired) electrons. The van der Waals surface area contributed by atoms with Crippen molar-refractivity contribution in [1.29, 1.82) is 0 Å². The molecule has 161 valence electrons. The smallest absolute Gasteiger partial charge is 0.282 e. The minimum Gasteiger partial charge on any atom is -0.320 e. The first-order valence-electron chi connectivity index (χ1n) is 10.8. The van der Waals surface area contributed by atoms with Crippen molar-refractivity contribution in [3.63, 3.8) is 0 Å². The van der Waals surface area contributed by atoms with Crippen molar-refractivity contribution in [3.05, 3.63) is 64.2 Å². The second-order valence-electron chi connectivity index (χ2n) is 8.17. The largest absolute Gasteiger partial charge is 0.320 e. The number of halogens is 1. The van der Waals surface area contributed by atoms with E-state index in [4.69, 9.17) is 11.6 Å². The fraction of sp³-hybridized carbons (Fsp3) is 0.480. The van der Waals surface area contributed by atoms with Crippen molar-refractivity contribution < 1.29 is 42.0 Å². The molecule has 0 bridgehead atoms. The van der Waals surface area contributed by atoms with Gasteiger partial charge in [-0.1, -0.05) is 54.4 Å². The van der Waals surface area contributed by atoms with Crippen LogP contribution in [-0.2, 0) is 37.5 Å². The number of nitrogens with zero attached hydrogens (tertiary/aromatic N) is 1. The summed E-state index contributed by atoms with van der Waals surface area (Å²) in [6.07, 6.45) is 3.35. The number of nitrogens with one attached hydrogen (secondary N) is 1. The first-order valence-corrected chi connectivity index (χ1v) is 11.2. The first kappa shape index (κ1) is 27.3. The summed E-state index contributed by atoms with van der Waals surface area (Å²) >= 11 is 6.08. The van der Waals surface area contributed by atoms with E-state index in [1.165, 1.54) is 18.4 Å². The molecule has 3 nitrogen and oxygen atoms in total. The molecule has 2 aromatic rings. The summed E-state index contributed by atoms with van der Waals surface area (Å²) < 4.78 is 0.939. The summed E-state index contributed by atoms with van der Waals surface area (Å²) in [5, 5.41) is 3.90. The van der Waals surface area contributed by atoms with Gasteiger partial charge in [-0.25, -0.2) is 0 Å². The molecule has 30 heavy (non-hydrogen) atoms. The quantitative estimate of drug-likeness (QED) is 0.476. The van der Waals surface area contributed by atoms with Crippen LogP contribution < -0.4 is 5.32 Å². The first-order chi connectivity index (χ1) is 13.8. The van der Waals surface area contributed by atoms with Crippen LogP contribution in [0.15, 0.2) is 42.5 Å². The molecular weight excluding hydrogens is 469 g/mol. The SMILES string of the molecule is CCC(C(=O)Nc1c(C)cc(Cl)cc1C)[N+]1(CC)CCCC1.Cc1ccccc1.[Y]. The number of quaternary nitrogens is 1. The second-order valence-corrected chi connectivity index (χ2v) is 8.61. The third kappa shape index (κ3) is 7.16. The van der Waals surface area contributed by atoms with Crippen LogP contribution >= 0.6 is 11.6 Å². The van der Waals surface area contributed by atoms with Crippen LogP contribution in [-0.4, -0.2) is 36.1 Å². The predicted octanol–water partition coefficient (Wildman–Crippen LogP) is 6.30. The topological polar surface area (TPSA) is 29.1 Å². The number of aryl methyl sites for hydroxylation is 3. The van der Waals surface area contributed by atoms with Crippen LogP contribution in [0.25, 0.3) is 0 Å². The zero-order valence-electron chi connectivity index (χ0n) is 19.2. The summed E-state index contributed by atoms with van der Waals surface area (Å²) in [5.41, 5.74) is 4.29. The maximum atomic E-state index is 12.9. The molecule has 5 heteroatoms. The van der Waals surface area contributed by atoms with Crippen molar-refractivity contribution in [2.45, 2.75) is 59.9 Å². The van der Waals surface area contributed by atoms with Crippen LogP contribution in [0, 0.1) is 20.8 Å². The molecule has 2 aromatic carbocycles. The summed E-state index contributed by atoms with van der Waals surface area (Å²) in [6.45, 7) is 13.7. The molecule has 0 aromatic heterocycles. The molecule has 1 atom stereocenters. The van der Waals surface area contributed by atoms with Gasteiger partial charge in [0.1, 0.15) is 0 Å². The number of likely N-dealkylation sites (N-methyl/N-ethyl adjacent to an activating group) is 1. The van der Waals surface area contributed by atoms with Crippen molar-refractivity contribution >= 4 is 23.2 Å². The number of rotatable bonds is 5. The standard InChI is InChI=1S/C18H27ClN2O.C7H8.Y/c1-5-16(21(6-2)9-7-8-10-21)18(22)20-17-13(3)11-15(19)12-14(17)4;1-7-5-3-2-4-6-7;/h11-12,16H,5-10H2,1-4H3;2-6H,1H3;/p+1. The number of carbonyl (C=O) groups is 1. The van der Waals surface area contributed by atoms with Gasteiger partial charge in [0.25, 0.3) is 5.91 Å². The van der Waals surface area contributed by atoms with Gasteiger partial charge in [0.2, 0.25) is 0 Å². The Morgan fingerprint density at radius 2 is 1.57 bits per heavy atom.